The third kappa shape index (κ3) is 6.37. The molecule has 1 rings (SSSR count). The lowest BCUT2D eigenvalue weighted by atomic mass is 10.1. The van der Waals surface area contributed by atoms with E-state index < -0.39 is 23.8 Å². The summed E-state index contributed by atoms with van der Waals surface area (Å²) < 4.78 is 5.02. The van der Waals surface area contributed by atoms with Crippen LogP contribution in [0.4, 0.5) is 0 Å². The number of aliphatic carboxylic acids is 1. The Labute approximate surface area is 135 Å². The molecule has 2 amide bonds. The summed E-state index contributed by atoms with van der Waals surface area (Å²) in [6.45, 7) is 1.65. The number of carbonyl (C=O) groups excluding carboxylic acids is 2. The lowest BCUT2D eigenvalue weighted by molar-refractivity contribution is -0.141. The molecular formula is C16H22N2O5. The minimum absolute atomic E-state index is 0.286. The summed E-state index contributed by atoms with van der Waals surface area (Å²) in [6, 6.07) is 5.58. The molecule has 126 valence electrons. The van der Waals surface area contributed by atoms with Crippen molar-refractivity contribution in [1.82, 2.24) is 10.6 Å². The van der Waals surface area contributed by atoms with Gasteiger partial charge in [-0.15, -0.1) is 0 Å². The lowest BCUT2D eigenvalue weighted by Crippen LogP contribution is -2.45. The van der Waals surface area contributed by atoms with E-state index in [4.69, 9.17) is 9.84 Å². The van der Waals surface area contributed by atoms with E-state index in [0.29, 0.717) is 24.2 Å². The van der Waals surface area contributed by atoms with Crippen molar-refractivity contribution in [3.63, 3.8) is 0 Å². The molecule has 0 heterocycles. The standard InChI is InChI=1S/C16H22N2O5/c1-3-4-8-13(16(21)22)18-14(19)10-17-15(20)11-6-5-7-12(9-11)23-2/h5-7,9,13H,3-4,8,10H2,1-2H3,(H,17,20)(H,18,19)(H,21,22)/t13-/m0/s1. The monoisotopic (exact) mass is 322 g/mol. The quantitative estimate of drug-likeness (QED) is 0.633. The fraction of sp³-hybridized carbons (Fsp3) is 0.438. The number of ether oxygens (including phenoxy) is 1. The number of rotatable bonds is 9. The van der Waals surface area contributed by atoms with E-state index in [1.807, 2.05) is 6.92 Å². The van der Waals surface area contributed by atoms with Crippen molar-refractivity contribution in [2.24, 2.45) is 0 Å². The number of carbonyl (C=O) groups is 3. The van der Waals surface area contributed by atoms with E-state index in [1.54, 1.807) is 24.3 Å². The van der Waals surface area contributed by atoms with Crippen LogP contribution in [0, 0.1) is 0 Å². The summed E-state index contributed by atoms with van der Waals surface area (Å²) in [5, 5.41) is 13.9. The second-order valence-electron chi connectivity index (χ2n) is 5.02. The van der Waals surface area contributed by atoms with Gasteiger partial charge in [0.1, 0.15) is 11.8 Å². The zero-order valence-corrected chi connectivity index (χ0v) is 13.3. The maximum absolute atomic E-state index is 11.9. The Bertz CT molecular complexity index is 559. The van der Waals surface area contributed by atoms with Crippen LogP contribution in [0.25, 0.3) is 0 Å². The van der Waals surface area contributed by atoms with Gasteiger partial charge in [0.05, 0.1) is 13.7 Å². The average Bonchev–Trinajstić information content (AvgIpc) is 2.56. The van der Waals surface area contributed by atoms with E-state index >= 15 is 0 Å². The highest BCUT2D eigenvalue weighted by molar-refractivity contribution is 5.97. The minimum Gasteiger partial charge on any atom is -0.497 e. The first kappa shape index (κ1) is 18.5. The molecule has 0 saturated carbocycles. The van der Waals surface area contributed by atoms with Crippen LogP contribution in [0.2, 0.25) is 0 Å². The molecule has 3 N–H and O–H groups in total. The summed E-state index contributed by atoms with van der Waals surface area (Å²) in [6.07, 6.45) is 1.90. The van der Waals surface area contributed by atoms with Crippen LogP contribution in [-0.2, 0) is 9.59 Å². The van der Waals surface area contributed by atoms with Gasteiger partial charge in [0.25, 0.3) is 5.91 Å². The molecule has 23 heavy (non-hydrogen) atoms. The predicted molar refractivity (Wildman–Crippen MR) is 84.4 cm³/mol. The Hall–Kier alpha value is -2.57. The van der Waals surface area contributed by atoms with E-state index in [-0.39, 0.29) is 6.54 Å². The summed E-state index contributed by atoms with van der Waals surface area (Å²) in [5.41, 5.74) is 0.359. The second kappa shape index (κ2) is 9.45. The molecule has 0 aromatic heterocycles. The summed E-state index contributed by atoms with van der Waals surface area (Å²) in [4.78, 5) is 34.8. The lowest BCUT2D eigenvalue weighted by Gasteiger charge is -2.14. The molecular weight excluding hydrogens is 300 g/mol. The highest BCUT2D eigenvalue weighted by Crippen LogP contribution is 2.12. The predicted octanol–water partition coefficient (Wildman–Crippen LogP) is 1.18. The molecule has 7 nitrogen and oxygen atoms in total. The van der Waals surface area contributed by atoms with Gasteiger partial charge in [-0.1, -0.05) is 25.8 Å². The highest BCUT2D eigenvalue weighted by Gasteiger charge is 2.19. The first-order valence-electron chi connectivity index (χ1n) is 7.42. The van der Waals surface area contributed by atoms with Gasteiger partial charge in [-0.25, -0.2) is 4.79 Å². The molecule has 0 spiro atoms. The molecule has 1 aromatic rings. The third-order valence-electron chi connectivity index (χ3n) is 3.22. The zero-order valence-electron chi connectivity index (χ0n) is 13.3. The minimum atomic E-state index is -1.08. The molecule has 0 aliphatic rings. The van der Waals surface area contributed by atoms with Gasteiger partial charge in [0.2, 0.25) is 5.91 Å². The molecule has 0 saturated heterocycles. The average molecular weight is 322 g/mol. The van der Waals surface area contributed by atoms with Crippen LogP contribution >= 0.6 is 0 Å². The van der Waals surface area contributed by atoms with Gasteiger partial charge in [-0.05, 0) is 24.6 Å². The highest BCUT2D eigenvalue weighted by atomic mass is 16.5. The SMILES string of the molecule is CCCC[C@H](NC(=O)CNC(=O)c1cccc(OC)c1)C(=O)O. The smallest absolute Gasteiger partial charge is 0.326 e. The first-order chi connectivity index (χ1) is 11.0. The molecule has 0 radical (unpaired) electrons. The third-order valence-corrected chi connectivity index (χ3v) is 3.22. The van der Waals surface area contributed by atoms with Crippen LogP contribution in [0.5, 0.6) is 5.75 Å². The maximum Gasteiger partial charge on any atom is 0.326 e. The molecule has 1 atom stereocenters. The molecule has 0 bridgehead atoms. The number of nitrogens with one attached hydrogen (secondary N) is 2. The first-order valence-corrected chi connectivity index (χ1v) is 7.42. The van der Waals surface area contributed by atoms with Crippen LogP contribution < -0.4 is 15.4 Å². The molecule has 0 unspecified atom stereocenters. The van der Waals surface area contributed by atoms with E-state index in [0.717, 1.165) is 6.42 Å². The van der Waals surface area contributed by atoms with Crippen molar-refractivity contribution in [2.45, 2.75) is 32.2 Å². The van der Waals surface area contributed by atoms with E-state index in [2.05, 4.69) is 10.6 Å². The normalized spacial score (nSPS) is 11.4. The largest absolute Gasteiger partial charge is 0.497 e. The summed E-state index contributed by atoms with van der Waals surface area (Å²) >= 11 is 0. The number of amides is 2. The van der Waals surface area contributed by atoms with Gasteiger partial charge in [0.15, 0.2) is 0 Å². The van der Waals surface area contributed by atoms with E-state index in [9.17, 15) is 14.4 Å². The number of methoxy groups -OCH3 is 1. The fourth-order valence-corrected chi connectivity index (χ4v) is 1.94. The Morgan fingerprint density at radius 1 is 1.30 bits per heavy atom. The topological polar surface area (TPSA) is 105 Å². The Kier molecular flexibility index (Phi) is 7.59. The van der Waals surface area contributed by atoms with Gasteiger partial charge in [-0.3, -0.25) is 9.59 Å². The molecule has 0 aliphatic carbocycles. The van der Waals surface area contributed by atoms with E-state index in [1.165, 1.54) is 7.11 Å². The molecule has 0 fully saturated rings. The number of carboxylic acid groups (broad SMARTS) is 1. The zero-order chi connectivity index (χ0) is 17.2. The van der Waals surface area contributed by atoms with Gasteiger partial charge in [-0.2, -0.15) is 0 Å². The van der Waals surface area contributed by atoms with Crippen molar-refractivity contribution < 1.29 is 24.2 Å². The van der Waals surface area contributed by atoms with Gasteiger partial charge in [0, 0.05) is 5.56 Å². The Balaban J connectivity index is 2.50. The number of benzene rings is 1. The van der Waals surface area contributed by atoms with Crippen LogP contribution in [-0.4, -0.2) is 42.6 Å². The summed E-state index contributed by atoms with van der Waals surface area (Å²) in [5.74, 6) is -1.51. The molecule has 1 aromatic carbocycles. The Morgan fingerprint density at radius 2 is 2.04 bits per heavy atom. The van der Waals surface area contributed by atoms with Crippen LogP contribution in [0.1, 0.15) is 36.5 Å². The Morgan fingerprint density at radius 3 is 2.65 bits per heavy atom. The van der Waals surface area contributed by atoms with Crippen molar-refractivity contribution in [2.75, 3.05) is 13.7 Å². The summed E-state index contributed by atoms with van der Waals surface area (Å²) in [7, 11) is 1.49. The number of hydrogen-bond acceptors (Lipinski definition) is 4. The number of hydrogen-bond donors (Lipinski definition) is 3. The molecule has 7 heteroatoms. The van der Waals surface area contributed by atoms with Crippen molar-refractivity contribution in [3.05, 3.63) is 29.8 Å². The van der Waals surface area contributed by atoms with Gasteiger partial charge < -0.3 is 20.5 Å². The maximum atomic E-state index is 11.9. The number of unbranched alkanes of at least 4 members (excludes halogenated alkanes) is 1. The van der Waals surface area contributed by atoms with Crippen molar-refractivity contribution >= 4 is 17.8 Å². The van der Waals surface area contributed by atoms with Crippen molar-refractivity contribution in [3.8, 4) is 5.75 Å². The van der Waals surface area contributed by atoms with Gasteiger partial charge >= 0.3 is 5.97 Å². The van der Waals surface area contributed by atoms with Crippen molar-refractivity contribution in [1.29, 1.82) is 0 Å². The molecule has 0 aliphatic heterocycles. The van der Waals surface area contributed by atoms with Crippen LogP contribution in [0.3, 0.4) is 0 Å². The second-order valence-corrected chi connectivity index (χ2v) is 5.02. The fourth-order valence-electron chi connectivity index (χ4n) is 1.94. The number of carboxylic acids is 1. The van der Waals surface area contributed by atoms with Crippen LogP contribution in [0.15, 0.2) is 24.3 Å².